The van der Waals surface area contributed by atoms with Gasteiger partial charge in [0.25, 0.3) is 0 Å². The largest absolute Gasteiger partial charge is 0.508 e. The fourth-order valence-electron chi connectivity index (χ4n) is 2.42. The van der Waals surface area contributed by atoms with E-state index in [1.165, 1.54) is 24.3 Å². The Bertz CT molecular complexity index is 754. The van der Waals surface area contributed by atoms with E-state index in [1.54, 1.807) is 30.3 Å². The molecule has 26 heavy (non-hydrogen) atoms. The minimum Gasteiger partial charge on any atom is -0.508 e. The molecule has 1 amide bonds. The molecule has 2 aromatic rings. The Labute approximate surface area is 152 Å². The molecule has 0 aliphatic carbocycles. The van der Waals surface area contributed by atoms with Crippen LogP contribution < -0.4 is 16.0 Å². The number of nitrogens with zero attached hydrogens (tertiary/aromatic N) is 1. The Hall–Kier alpha value is -3.03. The third-order valence-corrected chi connectivity index (χ3v) is 3.72. The predicted molar refractivity (Wildman–Crippen MR) is 103 cm³/mol. The average molecular weight is 357 g/mol. The molecule has 0 atom stereocenters. The van der Waals surface area contributed by atoms with Gasteiger partial charge in [-0.2, -0.15) is 0 Å². The molecule has 0 aromatic heterocycles. The van der Waals surface area contributed by atoms with Gasteiger partial charge in [-0.25, -0.2) is 0 Å². The fraction of sp³-hybridized carbons (Fsp3) is 0.211. The van der Waals surface area contributed by atoms with Gasteiger partial charge in [0.15, 0.2) is 0 Å². The molecule has 0 unspecified atom stereocenters. The van der Waals surface area contributed by atoms with Gasteiger partial charge in [-0.15, -0.1) is 0 Å². The molecule has 2 rings (SSSR count). The highest BCUT2D eigenvalue weighted by Gasteiger charge is 2.06. The molecule has 0 heterocycles. The first-order valence-corrected chi connectivity index (χ1v) is 8.18. The van der Waals surface area contributed by atoms with Gasteiger partial charge in [0.05, 0.1) is 13.2 Å². The second kappa shape index (κ2) is 9.45. The molecular weight excluding hydrogens is 334 g/mol. The van der Waals surface area contributed by atoms with Crippen molar-refractivity contribution < 1.29 is 20.1 Å². The van der Waals surface area contributed by atoms with Crippen LogP contribution in [0.15, 0.2) is 48.5 Å². The number of benzene rings is 2. The predicted octanol–water partition coefficient (Wildman–Crippen LogP) is 1.42. The first-order valence-electron chi connectivity index (χ1n) is 8.18. The molecule has 0 aliphatic rings. The Morgan fingerprint density at radius 1 is 1.08 bits per heavy atom. The number of nitrogens with one attached hydrogen (secondary N) is 1. The maximum absolute atomic E-state index is 12.0. The number of carbonyl (C=O) groups excluding carboxylic acids is 1. The number of phenols is 1. The van der Waals surface area contributed by atoms with Crippen LogP contribution in [0.1, 0.15) is 5.56 Å². The second-order valence-corrected chi connectivity index (χ2v) is 5.62. The van der Waals surface area contributed by atoms with Crippen molar-refractivity contribution in [2.75, 3.05) is 42.3 Å². The average Bonchev–Trinajstić information content (AvgIpc) is 2.63. The summed E-state index contributed by atoms with van der Waals surface area (Å²) in [6.45, 7) is 0.809. The Balaban J connectivity index is 2.00. The summed E-state index contributed by atoms with van der Waals surface area (Å²) in [7, 11) is 0. The number of rotatable bonds is 8. The van der Waals surface area contributed by atoms with Crippen molar-refractivity contribution in [2.45, 2.75) is 0 Å². The van der Waals surface area contributed by atoms with Crippen molar-refractivity contribution in [2.24, 2.45) is 0 Å². The normalized spacial score (nSPS) is 10.8. The third kappa shape index (κ3) is 5.51. The van der Waals surface area contributed by atoms with Crippen LogP contribution in [0, 0.1) is 0 Å². The van der Waals surface area contributed by atoms with Crippen LogP contribution >= 0.6 is 0 Å². The van der Waals surface area contributed by atoms with Crippen molar-refractivity contribution in [1.29, 1.82) is 0 Å². The molecular formula is C19H23N3O4. The number of phenolic OH excluding ortho intramolecular Hbond substituents is 1. The van der Waals surface area contributed by atoms with Crippen molar-refractivity contribution in [1.82, 2.24) is 0 Å². The van der Waals surface area contributed by atoms with Crippen LogP contribution in [-0.2, 0) is 4.79 Å². The Kier molecular flexibility index (Phi) is 7.02. The number of aliphatic hydroxyl groups is 2. The minimum atomic E-state index is -0.330. The standard InChI is InChI=1S/C19H23N3O4/c20-18-7-6-17(25)13-14(18)1-8-19(26)21-15-2-4-16(5-3-15)22(9-11-23)10-12-24/h1-8,13,23-25H,9-12,20H2,(H,21,26)/b8-1+. The van der Waals surface area contributed by atoms with Crippen molar-refractivity contribution >= 4 is 29.0 Å². The number of amides is 1. The SMILES string of the molecule is Nc1ccc(O)cc1/C=C/C(=O)Nc1ccc(N(CCO)CCO)cc1. The highest BCUT2D eigenvalue weighted by molar-refractivity contribution is 6.02. The summed E-state index contributed by atoms with van der Waals surface area (Å²) in [6.07, 6.45) is 2.87. The smallest absolute Gasteiger partial charge is 0.248 e. The lowest BCUT2D eigenvalue weighted by Gasteiger charge is -2.23. The van der Waals surface area contributed by atoms with E-state index in [0.29, 0.717) is 30.0 Å². The van der Waals surface area contributed by atoms with E-state index >= 15 is 0 Å². The van der Waals surface area contributed by atoms with Gasteiger partial charge in [0, 0.05) is 41.8 Å². The molecule has 7 nitrogen and oxygen atoms in total. The maximum atomic E-state index is 12.0. The van der Waals surface area contributed by atoms with Gasteiger partial charge in [-0.05, 0) is 48.5 Å². The highest BCUT2D eigenvalue weighted by atomic mass is 16.3. The van der Waals surface area contributed by atoms with Gasteiger partial charge in [0.2, 0.25) is 5.91 Å². The first-order chi connectivity index (χ1) is 12.5. The van der Waals surface area contributed by atoms with Crippen LogP contribution in [0.25, 0.3) is 6.08 Å². The van der Waals surface area contributed by atoms with Crippen LogP contribution in [-0.4, -0.2) is 47.5 Å². The topological polar surface area (TPSA) is 119 Å². The van der Waals surface area contributed by atoms with E-state index in [2.05, 4.69) is 5.32 Å². The van der Waals surface area contributed by atoms with Gasteiger partial charge in [-0.3, -0.25) is 4.79 Å². The molecule has 7 heteroatoms. The van der Waals surface area contributed by atoms with E-state index in [-0.39, 0.29) is 24.9 Å². The van der Waals surface area contributed by atoms with E-state index in [9.17, 15) is 9.90 Å². The summed E-state index contributed by atoms with van der Waals surface area (Å²) in [5.74, 6) is -0.256. The summed E-state index contributed by atoms with van der Waals surface area (Å²) in [5, 5.41) is 30.3. The number of hydrogen-bond acceptors (Lipinski definition) is 6. The third-order valence-electron chi connectivity index (χ3n) is 3.72. The number of hydrogen-bond donors (Lipinski definition) is 5. The molecule has 0 fully saturated rings. The molecule has 0 bridgehead atoms. The Morgan fingerprint density at radius 3 is 2.35 bits per heavy atom. The second-order valence-electron chi connectivity index (χ2n) is 5.62. The van der Waals surface area contributed by atoms with Gasteiger partial charge >= 0.3 is 0 Å². The Morgan fingerprint density at radius 2 is 1.73 bits per heavy atom. The highest BCUT2D eigenvalue weighted by Crippen LogP contribution is 2.20. The summed E-state index contributed by atoms with van der Waals surface area (Å²) in [5.41, 5.74) is 8.26. The fourth-order valence-corrected chi connectivity index (χ4v) is 2.42. The zero-order valence-electron chi connectivity index (χ0n) is 14.3. The van der Waals surface area contributed by atoms with Crippen molar-refractivity contribution in [3.05, 3.63) is 54.1 Å². The molecule has 0 saturated heterocycles. The molecule has 6 N–H and O–H groups in total. The maximum Gasteiger partial charge on any atom is 0.248 e. The molecule has 138 valence electrons. The van der Waals surface area contributed by atoms with Gasteiger partial charge < -0.3 is 31.3 Å². The lowest BCUT2D eigenvalue weighted by molar-refractivity contribution is -0.111. The van der Waals surface area contributed by atoms with Gasteiger partial charge in [-0.1, -0.05) is 0 Å². The number of aromatic hydroxyl groups is 1. The quantitative estimate of drug-likeness (QED) is 0.277. The zero-order valence-corrected chi connectivity index (χ0v) is 14.3. The lowest BCUT2D eigenvalue weighted by Crippen LogP contribution is -2.29. The summed E-state index contributed by atoms with van der Waals surface area (Å²) >= 11 is 0. The number of carbonyl (C=O) groups is 1. The van der Waals surface area contributed by atoms with Crippen molar-refractivity contribution in [3.63, 3.8) is 0 Å². The molecule has 0 aliphatic heterocycles. The summed E-state index contributed by atoms with van der Waals surface area (Å²) in [4.78, 5) is 13.9. The van der Waals surface area contributed by atoms with Crippen LogP contribution in [0.5, 0.6) is 5.75 Å². The summed E-state index contributed by atoms with van der Waals surface area (Å²) < 4.78 is 0. The van der Waals surface area contributed by atoms with Crippen LogP contribution in [0.4, 0.5) is 17.1 Å². The molecule has 2 aromatic carbocycles. The van der Waals surface area contributed by atoms with Crippen molar-refractivity contribution in [3.8, 4) is 5.75 Å². The van der Waals surface area contributed by atoms with E-state index < -0.39 is 0 Å². The lowest BCUT2D eigenvalue weighted by atomic mass is 10.1. The number of nitrogens with two attached hydrogens (primary N) is 1. The first kappa shape index (κ1) is 19.3. The molecule has 0 spiro atoms. The van der Waals surface area contributed by atoms with Gasteiger partial charge in [0.1, 0.15) is 5.75 Å². The number of aliphatic hydroxyl groups excluding tert-OH is 2. The van der Waals surface area contributed by atoms with Crippen LogP contribution in [0.2, 0.25) is 0 Å². The molecule has 0 saturated carbocycles. The minimum absolute atomic E-state index is 0.0124. The van der Waals surface area contributed by atoms with E-state index in [1.807, 2.05) is 4.90 Å². The number of nitrogen functional groups attached to an aromatic ring is 1. The number of anilines is 3. The monoisotopic (exact) mass is 357 g/mol. The summed E-state index contributed by atoms with van der Waals surface area (Å²) in [6, 6.07) is 11.6. The van der Waals surface area contributed by atoms with E-state index in [4.69, 9.17) is 15.9 Å². The van der Waals surface area contributed by atoms with E-state index in [0.717, 1.165) is 5.69 Å². The zero-order chi connectivity index (χ0) is 18.9. The van der Waals surface area contributed by atoms with Crippen LogP contribution in [0.3, 0.4) is 0 Å². The molecule has 0 radical (unpaired) electrons.